The van der Waals surface area contributed by atoms with Crippen molar-refractivity contribution in [3.05, 3.63) is 11.9 Å². The fourth-order valence-corrected chi connectivity index (χ4v) is 1.89. The van der Waals surface area contributed by atoms with Crippen LogP contribution in [-0.4, -0.2) is 48.5 Å². The molecule has 96 valence electrons. The molecule has 0 saturated carbocycles. The molecule has 1 aromatic rings. The molecule has 1 saturated heterocycles. The molecule has 0 unspecified atom stereocenters. The Kier molecular flexibility index (Phi) is 4.90. The van der Waals surface area contributed by atoms with Crippen molar-refractivity contribution in [1.82, 2.24) is 20.3 Å². The first-order valence-corrected chi connectivity index (χ1v) is 6.05. The Morgan fingerprint density at radius 1 is 1.65 bits per heavy atom. The molecule has 1 aromatic heterocycles. The lowest BCUT2D eigenvalue weighted by atomic mass is 10.1. The number of ether oxygens (including phenoxy) is 2. The van der Waals surface area contributed by atoms with E-state index < -0.39 is 0 Å². The molecule has 1 N–H and O–H groups in total. The first kappa shape index (κ1) is 12.5. The maximum absolute atomic E-state index is 5.34. The molecule has 0 aromatic carbocycles. The quantitative estimate of drug-likeness (QED) is 0.682. The summed E-state index contributed by atoms with van der Waals surface area (Å²) in [7, 11) is 1.70. The predicted octanol–water partition coefficient (Wildman–Crippen LogP) is 0.0506. The van der Waals surface area contributed by atoms with Gasteiger partial charge in [-0.3, -0.25) is 4.68 Å². The lowest BCUT2D eigenvalue weighted by molar-refractivity contribution is 0.181. The highest BCUT2D eigenvalue weighted by atomic mass is 16.5. The molecule has 1 fully saturated rings. The second kappa shape index (κ2) is 6.68. The Balaban J connectivity index is 1.71. The van der Waals surface area contributed by atoms with Crippen molar-refractivity contribution in [1.29, 1.82) is 0 Å². The van der Waals surface area contributed by atoms with Crippen LogP contribution in [0.15, 0.2) is 6.20 Å². The minimum Gasteiger partial charge on any atom is -0.383 e. The lowest BCUT2D eigenvalue weighted by Gasteiger charge is -2.05. The van der Waals surface area contributed by atoms with Crippen LogP contribution < -0.4 is 5.32 Å². The number of hydrogen-bond donors (Lipinski definition) is 1. The SMILES string of the molecule is COCCNCc1cn(C[C@H]2CCOC2)nn1. The van der Waals surface area contributed by atoms with Crippen molar-refractivity contribution in [3.8, 4) is 0 Å². The van der Waals surface area contributed by atoms with Crippen LogP contribution in [0.2, 0.25) is 0 Å². The zero-order valence-corrected chi connectivity index (χ0v) is 10.3. The Bertz CT molecular complexity index is 323. The zero-order valence-electron chi connectivity index (χ0n) is 10.3. The van der Waals surface area contributed by atoms with E-state index in [0.29, 0.717) is 12.5 Å². The van der Waals surface area contributed by atoms with Gasteiger partial charge in [0.25, 0.3) is 0 Å². The summed E-state index contributed by atoms with van der Waals surface area (Å²) in [6.07, 6.45) is 3.12. The van der Waals surface area contributed by atoms with Gasteiger partial charge in [0, 0.05) is 45.5 Å². The second-order valence-corrected chi connectivity index (χ2v) is 4.33. The van der Waals surface area contributed by atoms with Crippen LogP contribution in [0.25, 0.3) is 0 Å². The van der Waals surface area contributed by atoms with Gasteiger partial charge in [-0.1, -0.05) is 5.21 Å². The number of aromatic nitrogens is 3. The molecule has 0 aliphatic carbocycles. The van der Waals surface area contributed by atoms with E-state index >= 15 is 0 Å². The number of nitrogens with one attached hydrogen (secondary N) is 1. The van der Waals surface area contributed by atoms with E-state index in [-0.39, 0.29) is 0 Å². The molecule has 0 amide bonds. The molecule has 6 nitrogen and oxygen atoms in total. The summed E-state index contributed by atoms with van der Waals surface area (Å²) in [5.41, 5.74) is 0.972. The zero-order chi connectivity index (χ0) is 11.9. The second-order valence-electron chi connectivity index (χ2n) is 4.33. The average Bonchev–Trinajstić information content (AvgIpc) is 2.97. The van der Waals surface area contributed by atoms with E-state index in [1.807, 2.05) is 10.9 Å². The van der Waals surface area contributed by atoms with E-state index in [1.165, 1.54) is 0 Å². The van der Waals surface area contributed by atoms with Crippen molar-refractivity contribution in [2.24, 2.45) is 5.92 Å². The molecule has 1 aliphatic heterocycles. The number of nitrogens with zero attached hydrogens (tertiary/aromatic N) is 3. The topological polar surface area (TPSA) is 61.2 Å². The van der Waals surface area contributed by atoms with Gasteiger partial charge < -0.3 is 14.8 Å². The fraction of sp³-hybridized carbons (Fsp3) is 0.818. The first-order chi connectivity index (χ1) is 8.38. The van der Waals surface area contributed by atoms with Crippen molar-refractivity contribution in [2.45, 2.75) is 19.5 Å². The molecule has 17 heavy (non-hydrogen) atoms. The largest absolute Gasteiger partial charge is 0.383 e. The summed E-state index contributed by atoms with van der Waals surface area (Å²) in [6.45, 7) is 4.93. The third kappa shape index (κ3) is 4.07. The lowest BCUT2D eigenvalue weighted by Crippen LogP contribution is -2.18. The first-order valence-electron chi connectivity index (χ1n) is 6.05. The predicted molar refractivity (Wildman–Crippen MR) is 62.5 cm³/mol. The van der Waals surface area contributed by atoms with Crippen molar-refractivity contribution in [2.75, 3.05) is 33.5 Å². The van der Waals surface area contributed by atoms with Crippen LogP contribution in [0.3, 0.4) is 0 Å². The van der Waals surface area contributed by atoms with Crippen molar-refractivity contribution in [3.63, 3.8) is 0 Å². The molecule has 2 rings (SSSR count). The van der Waals surface area contributed by atoms with Gasteiger partial charge >= 0.3 is 0 Å². The van der Waals surface area contributed by atoms with Crippen molar-refractivity contribution >= 4 is 0 Å². The highest BCUT2D eigenvalue weighted by Crippen LogP contribution is 2.13. The van der Waals surface area contributed by atoms with E-state index in [9.17, 15) is 0 Å². The van der Waals surface area contributed by atoms with Gasteiger partial charge in [0.15, 0.2) is 0 Å². The third-order valence-corrected chi connectivity index (χ3v) is 2.84. The average molecular weight is 240 g/mol. The molecule has 2 heterocycles. The third-order valence-electron chi connectivity index (χ3n) is 2.84. The standard InChI is InChI=1S/C11H20N4O2/c1-16-5-3-12-6-11-8-15(14-13-11)7-10-2-4-17-9-10/h8,10,12H,2-7,9H2,1H3/t10-/m1/s1. The summed E-state index contributed by atoms with van der Waals surface area (Å²) in [4.78, 5) is 0. The van der Waals surface area contributed by atoms with Crippen LogP contribution in [0.4, 0.5) is 0 Å². The minimum atomic E-state index is 0.589. The fourth-order valence-electron chi connectivity index (χ4n) is 1.89. The van der Waals surface area contributed by atoms with Gasteiger partial charge in [0.1, 0.15) is 0 Å². The maximum atomic E-state index is 5.34. The smallest absolute Gasteiger partial charge is 0.0964 e. The van der Waals surface area contributed by atoms with Gasteiger partial charge in [-0.05, 0) is 6.42 Å². The molecule has 0 spiro atoms. The number of methoxy groups -OCH3 is 1. The van der Waals surface area contributed by atoms with Crippen LogP contribution in [-0.2, 0) is 22.6 Å². The molecular weight excluding hydrogens is 220 g/mol. The van der Waals surface area contributed by atoms with Crippen LogP contribution in [0.5, 0.6) is 0 Å². The van der Waals surface area contributed by atoms with E-state index in [1.54, 1.807) is 7.11 Å². The summed E-state index contributed by atoms with van der Waals surface area (Å²) < 4.78 is 12.2. The number of hydrogen-bond acceptors (Lipinski definition) is 5. The van der Waals surface area contributed by atoms with Gasteiger partial charge in [0.05, 0.1) is 18.9 Å². The molecule has 0 bridgehead atoms. The highest BCUT2D eigenvalue weighted by molar-refractivity contribution is 4.91. The van der Waals surface area contributed by atoms with Gasteiger partial charge in [-0.25, -0.2) is 0 Å². The highest BCUT2D eigenvalue weighted by Gasteiger charge is 2.16. The molecule has 1 aliphatic rings. The normalized spacial score (nSPS) is 19.9. The summed E-state index contributed by atoms with van der Waals surface area (Å²) >= 11 is 0. The Morgan fingerprint density at radius 3 is 3.35 bits per heavy atom. The van der Waals surface area contributed by atoms with E-state index in [2.05, 4.69) is 15.6 Å². The molecule has 6 heteroatoms. The van der Waals surface area contributed by atoms with Crippen LogP contribution in [0.1, 0.15) is 12.1 Å². The van der Waals surface area contributed by atoms with Crippen LogP contribution >= 0.6 is 0 Å². The summed E-state index contributed by atoms with van der Waals surface area (Å²) in [5, 5.41) is 11.5. The van der Waals surface area contributed by atoms with Crippen molar-refractivity contribution < 1.29 is 9.47 Å². The Labute approximate surface area is 101 Å². The number of rotatable bonds is 7. The molecule has 0 radical (unpaired) electrons. The Hall–Kier alpha value is -0.980. The van der Waals surface area contributed by atoms with E-state index in [4.69, 9.17) is 9.47 Å². The minimum absolute atomic E-state index is 0.589. The van der Waals surface area contributed by atoms with Gasteiger partial charge in [-0.2, -0.15) is 0 Å². The van der Waals surface area contributed by atoms with Crippen LogP contribution in [0, 0.1) is 5.92 Å². The molecular formula is C11H20N4O2. The summed E-state index contributed by atoms with van der Waals surface area (Å²) in [6, 6.07) is 0. The van der Waals surface area contributed by atoms with Gasteiger partial charge in [-0.15, -0.1) is 5.10 Å². The molecule has 1 atom stereocenters. The Morgan fingerprint density at radius 2 is 2.59 bits per heavy atom. The monoisotopic (exact) mass is 240 g/mol. The van der Waals surface area contributed by atoms with Gasteiger partial charge in [0.2, 0.25) is 0 Å². The van der Waals surface area contributed by atoms with E-state index in [0.717, 1.165) is 45.0 Å². The maximum Gasteiger partial charge on any atom is 0.0964 e. The summed E-state index contributed by atoms with van der Waals surface area (Å²) in [5.74, 6) is 0.589.